The van der Waals surface area contributed by atoms with E-state index >= 15 is 0 Å². The summed E-state index contributed by atoms with van der Waals surface area (Å²) in [7, 11) is -2.13. The molecule has 0 aliphatic carbocycles. The van der Waals surface area contributed by atoms with Gasteiger partial charge in [-0.2, -0.15) is 4.31 Å². The Morgan fingerprint density at radius 2 is 1.86 bits per heavy atom. The van der Waals surface area contributed by atoms with Gasteiger partial charge < -0.3 is 4.98 Å². The van der Waals surface area contributed by atoms with Gasteiger partial charge in [-0.05, 0) is 23.8 Å². The molecule has 0 aliphatic heterocycles. The second-order valence-electron chi connectivity index (χ2n) is 4.59. The van der Waals surface area contributed by atoms with Gasteiger partial charge >= 0.3 is 0 Å². The van der Waals surface area contributed by atoms with Crippen molar-refractivity contribution < 1.29 is 8.42 Å². The van der Waals surface area contributed by atoms with E-state index in [1.807, 2.05) is 6.92 Å². The average molecular weight is 348 g/mol. The number of hydrogen-bond donors (Lipinski definition) is 1. The molecular weight excluding hydrogens is 333 g/mol. The van der Waals surface area contributed by atoms with E-state index in [-0.39, 0.29) is 11.6 Å². The Hall–Kier alpha value is -1.08. The standard InChI is InChI=1S/C13H15Cl2N3O2S/c1-3-12-16-7-13(17-12)21(19,20)18(2)8-9-4-10(14)6-11(15)5-9/h4-7H,3,8H2,1-2H3,(H,16,17). The zero-order valence-corrected chi connectivity index (χ0v) is 13.9. The Morgan fingerprint density at radius 1 is 1.24 bits per heavy atom. The Balaban J connectivity index is 2.24. The number of halogens is 2. The summed E-state index contributed by atoms with van der Waals surface area (Å²) in [6.07, 6.45) is 1.97. The Bertz CT molecular complexity index is 723. The lowest BCUT2D eigenvalue weighted by molar-refractivity contribution is 0.464. The zero-order chi connectivity index (χ0) is 15.6. The van der Waals surface area contributed by atoms with E-state index in [0.717, 1.165) is 0 Å². The van der Waals surface area contributed by atoms with Gasteiger partial charge in [0.05, 0.1) is 6.20 Å². The predicted molar refractivity (Wildman–Crippen MR) is 83.1 cm³/mol. The highest BCUT2D eigenvalue weighted by atomic mass is 35.5. The number of aryl methyl sites for hydroxylation is 1. The quantitative estimate of drug-likeness (QED) is 0.903. The minimum atomic E-state index is -3.62. The number of H-pyrrole nitrogens is 1. The average Bonchev–Trinajstić information content (AvgIpc) is 2.86. The van der Waals surface area contributed by atoms with Gasteiger partial charge in [0.2, 0.25) is 0 Å². The lowest BCUT2D eigenvalue weighted by Gasteiger charge is -2.16. The molecule has 1 heterocycles. The van der Waals surface area contributed by atoms with Crippen LogP contribution in [0.3, 0.4) is 0 Å². The molecule has 1 aromatic heterocycles. The molecule has 21 heavy (non-hydrogen) atoms. The van der Waals surface area contributed by atoms with Crippen LogP contribution in [0.2, 0.25) is 10.0 Å². The second kappa shape index (κ2) is 6.36. The number of aromatic nitrogens is 2. The minimum Gasteiger partial charge on any atom is -0.332 e. The third kappa shape index (κ3) is 3.77. The molecule has 0 amide bonds. The van der Waals surface area contributed by atoms with Gasteiger partial charge in [0.25, 0.3) is 10.0 Å². The van der Waals surface area contributed by atoms with Gasteiger partial charge in [0.1, 0.15) is 5.82 Å². The van der Waals surface area contributed by atoms with Crippen LogP contribution < -0.4 is 0 Å². The van der Waals surface area contributed by atoms with Crippen molar-refractivity contribution in [2.45, 2.75) is 24.9 Å². The lowest BCUT2D eigenvalue weighted by Crippen LogP contribution is -2.26. The summed E-state index contributed by atoms with van der Waals surface area (Å²) in [5, 5.41) is 1.02. The fraction of sp³-hybridized carbons (Fsp3) is 0.308. The summed E-state index contributed by atoms with van der Waals surface area (Å²) >= 11 is 11.8. The van der Waals surface area contributed by atoms with Crippen LogP contribution in [0.15, 0.2) is 29.4 Å². The van der Waals surface area contributed by atoms with E-state index in [2.05, 4.69) is 9.97 Å². The molecule has 2 rings (SSSR count). The van der Waals surface area contributed by atoms with Crippen LogP contribution >= 0.6 is 23.2 Å². The van der Waals surface area contributed by atoms with Crippen molar-refractivity contribution in [1.82, 2.24) is 14.3 Å². The van der Waals surface area contributed by atoms with Gasteiger partial charge in [0.15, 0.2) is 5.03 Å². The fourth-order valence-corrected chi connectivity index (χ4v) is 3.53. The SMILES string of the molecule is CCc1ncc(S(=O)(=O)N(C)Cc2cc(Cl)cc(Cl)c2)[nH]1. The van der Waals surface area contributed by atoms with Crippen molar-refractivity contribution in [3.8, 4) is 0 Å². The highest BCUT2D eigenvalue weighted by molar-refractivity contribution is 7.89. The van der Waals surface area contributed by atoms with Gasteiger partial charge in [-0.3, -0.25) is 0 Å². The molecule has 1 aromatic carbocycles. The third-order valence-corrected chi connectivity index (χ3v) is 5.11. The van der Waals surface area contributed by atoms with E-state index < -0.39 is 10.0 Å². The van der Waals surface area contributed by atoms with E-state index in [9.17, 15) is 8.42 Å². The monoisotopic (exact) mass is 347 g/mol. The molecule has 0 fully saturated rings. The smallest absolute Gasteiger partial charge is 0.260 e. The van der Waals surface area contributed by atoms with E-state index in [4.69, 9.17) is 23.2 Å². The van der Waals surface area contributed by atoms with Crippen LogP contribution in [-0.2, 0) is 23.0 Å². The molecule has 0 spiro atoms. The molecule has 0 aliphatic rings. The highest BCUT2D eigenvalue weighted by Gasteiger charge is 2.23. The van der Waals surface area contributed by atoms with Crippen LogP contribution in [0, 0.1) is 0 Å². The first-order valence-corrected chi connectivity index (χ1v) is 8.47. The highest BCUT2D eigenvalue weighted by Crippen LogP contribution is 2.22. The van der Waals surface area contributed by atoms with Gasteiger partial charge in [-0.15, -0.1) is 0 Å². The first-order valence-electron chi connectivity index (χ1n) is 6.28. The van der Waals surface area contributed by atoms with E-state index in [1.165, 1.54) is 17.5 Å². The largest absolute Gasteiger partial charge is 0.332 e. The fourth-order valence-electron chi connectivity index (χ4n) is 1.87. The topological polar surface area (TPSA) is 66.1 Å². The molecule has 0 radical (unpaired) electrons. The van der Waals surface area contributed by atoms with Crippen molar-refractivity contribution in [2.75, 3.05) is 7.05 Å². The summed E-state index contributed by atoms with van der Waals surface area (Å²) < 4.78 is 26.1. The maximum atomic E-state index is 12.4. The molecule has 5 nitrogen and oxygen atoms in total. The summed E-state index contributed by atoms with van der Waals surface area (Å²) in [4.78, 5) is 6.81. The molecule has 0 unspecified atom stereocenters. The molecule has 0 bridgehead atoms. The number of nitrogens with zero attached hydrogens (tertiary/aromatic N) is 2. The van der Waals surface area contributed by atoms with Crippen LogP contribution in [0.5, 0.6) is 0 Å². The summed E-state index contributed by atoms with van der Waals surface area (Å²) in [5.74, 6) is 0.632. The number of imidazole rings is 1. The number of aromatic amines is 1. The first-order chi connectivity index (χ1) is 9.82. The van der Waals surface area contributed by atoms with Crippen molar-refractivity contribution in [3.63, 3.8) is 0 Å². The molecule has 114 valence electrons. The Labute approximate surface area is 134 Å². The second-order valence-corrected chi connectivity index (χ2v) is 7.47. The molecule has 0 saturated heterocycles. The number of sulfonamides is 1. The minimum absolute atomic E-state index is 0.0787. The molecule has 8 heteroatoms. The molecule has 0 saturated carbocycles. The summed E-state index contributed by atoms with van der Waals surface area (Å²) in [5.41, 5.74) is 0.716. The zero-order valence-electron chi connectivity index (χ0n) is 11.6. The maximum absolute atomic E-state index is 12.4. The number of nitrogens with one attached hydrogen (secondary N) is 1. The third-order valence-electron chi connectivity index (χ3n) is 2.96. The van der Waals surface area contributed by atoms with Gasteiger partial charge in [0, 0.05) is 30.1 Å². The van der Waals surface area contributed by atoms with Crippen molar-refractivity contribution in [2.24, 2.45) is 0 Å². The number of hydrogen-bond acceptors (Lipinski definition) is 3. The van der Waals surface area contributed by atoms with Gasteiger partial charge in [-0.25, -0.2) is 13.4 Å². The van der Waals surface area contributed by atoms with Gasteiger partial charge in [-0.1, -0.05) is 30.1 Å². The summed E-state index contributed by atoms with van der Waals surface area (Å²) in [6.45, 7) is 2.07. The van der Waals surface area contributed by atoms with Crippen molar-refractivity contribution in [3.05, 3.63) is 45.8 Å². The molecule has 0 atom stereocenters. The van der Waals surface area contributed by atoms with E-state index in [0.29, 0.717) is 27.9 Å². The lowest BCUT2D eigenvalue weighted by atomic mass is 10.2. The van der Waals surface area contributed by atoms with Crippen LogP contribution in [-0.4, -0.2) is 29.7 Å². The van der Waals surface area contributed by atoms with Crippen molar-refractivity contribution in [1.29, 1.82) is 0 Å². The molecule has 1 N–H and O–H groups in total. The molecule has 2 aromatic rings. The summed E-state index contributed by atoms with van der Waals surface area (Å²) in [6, 6.07) is 4.97. The number of rotatable bonds is 5. The predicted octanol–water partition coefficient (Wildman–Crippen LogP) is 3.10. The first kappa shape index (κ1) is 16.3. The molecular formula is C13H15Cl2N3O2S. The Morgan fingerprint density at radius 3 is 2.38 bits per heavy atom. The van der Waals surface area contributed by atoms with Crippen LogP contribution in [0.25, 0.3) is 0 Å². The van der Waals surface area contributed by atoms with Crippen LogP contribution in [0.4, 0.5) is 0 Å². The van der Waals surface area contributed by atoms with Crippen LogP contribution in [0.1, 0.15) is 18.3 Å². The normalized spacial score (nSPS) is 12.0. The number of benzene rings is 1. The van der Waals surface area contributed by atoms with E-state index in [1.54, 1.807) is 18.2 Å². The maximum Gasteiger partial charge on any atom is 0.260 e. The Kier molecular flexibility index (Phi) is 4.93. The van der Waals surface area contributed by atoms with Crippen molar-refractivity contribution >= 4 is 33.2 Å².